The summed E-state index contributed by atoms with van der Waals surface area (Å²) in [6.45, 7) is 1.67. The van der Waals surface area contributed by atoms with Gasteiger partial charge in [0.05, 0.1) is 11.9 Å². The van der Waals surface area contributed by atoms with Gasteiger partial charge in [0.1, 0.15) is 9.84 Å². The second-order valence-electron chi connectivity index (χ2n) is 4.14. The molecule has 1 unspecified atom stereocenters. The topological polar surface area (TPSA) is 54.4 Å². The first-order valence-electron chi connectivity index (χ1n) is 5.43. The average Bonchev–Trinajstić information content (AvgIpc) is 2.95. The second-order valence-corrected chi connectivity index (χ2v) is 6.61. The Morgan fingerprint density at radius 1 is 1.36 bits per heavy atom. The van der Waals surface area contributed by atoms with Crippen LogP contribution < -0.4 is 0 Å². The maximum atomic E-state index is 11.1. The molecule has 0 bridgehead atoms. The van der Waals surface area contributed by atoms with Crippen LogP contribution in [0.5, 0.6) is 0 Å². The number of rotatable bonds is 7. The Morgan fingerprint density at radius 2 is 2.00 bits per heavy atom. The third-order valence-corrected chi connectivity index (χ3v) is 4.60. The number of aliphatic hydroxyl groups is 1. The molecule has 0 radical (unpaired) electrons. The molecule has 0 aromatic carbocycles. The Balaban J connectivity index is 2.04. The van der Waals surface area contributed by atoms with E-state index >= 15 is 0 Å². The lowest BCUT2D eigenvalue weighted by Gasteiger charge is -2.08. The zero-order valence-corrected chi connectivity index (χ0v) is 9.59. The van der Waals surface area contributed by atoms with Gasteiger partial charge in [-0.25, -0.2) is 8.42 Å². The molecule has 3 nitrogen and oxygen atoms in total. The predicted octanol–water partition coefficient (Wildman–Crippen LogP) is 1.36. The van der Waals surface area contributed by atoms with E-state index in [1.54, 1.807) is 6.92 Å². The van der Waals surface area contributed by atoms with Crippen molar-refractivity contribution in [1.82, 2.24) is 0 Å². The first-order valence-corrected chi connectivity index (χ1v) is 7.26. The van der Waals surface area contributed by atoms with Crippen molar-refractivity contribution in [2.24, 2.45) is 5.92 Å². The van der Waals surface area contributed by atoms with Crippen LogP contribution in [0.3, 0.4) is 0 Å². The highest BCUT2D eigenvalue weighted by Gasteiger charge is 2.28. The van der Waals surface area contributed by atoms with Crippen LogP contribution in [-0.2, 0) is 9.84 Å². The van der Waals surface area contributed by atoms with Crippen molar-refractivity contribution in [2.75, 3.05) is 11.5 Å². The summed E-state index contributed by atoms with van der Waals surface area (Å²) < 4.78 is 22.3. The Labute approximate surface area is 86.4 Å². The van der Waals surface area contributed by atoms with Crippen molar-refractivity contribution in [3.05, 3.63) is 0 Å². The van der Waals surface area contributed by atoms with E-state index in [2.05, 4.69) is 0 Å². The van der Waals surface area contributed by atoms with Gasteiger partial charge in [0.15, 0.2) is 0 Å². The summed E-state index contributed by atoms with van der Waals surface area (Å²) in [7, 11) is -2.80. The van der Waals surface area contributed by atoms with Crippen LogP contribution in [0.25, 0.3) is 0 Å². The van der Waals surface area contributed by atoms with E-state index in [1.807, 2.05) is 0 Å². The second kappa shape index (κ2) is 5.12. The molecule has 0 aromatic rings. The average molecular weight is 220 g/mol. The van der Waals surface area contributed by atoms with Gasteiger partial charge in [-0.15, -0.1) is 0 Å². The molecule has 1 rings (SSSR count). The summed E-state index contributed by atoms with van der Waals surface area (Å²) in [5, 5.41) is 9.53. The fourth-order valence-corrected chi connectivity index (χ4v) is 2.47. The van der Waals surface area contributed by atoms with Crippen LogP contribution in [0.2, 0.25) is 0 Å². The quantitative estimate of drug-likeness (QED) is 0.659. The number of hydrogen-bond donors (Lipinski definition) is 1. The molecular formula is C10H20O3S. The number of sulfone groups is 1. The summed E-state index contributed by atoms with van der Waals surface area (Å²) in [4.78, 5) is 0. The molecule has 0 heterocycles. The van der Waals surface area contributed by atoms with Crippen LogP contribution >= 0.6 is 0 Å². The maximum absolute atomic E-state index is 11.1. The van der Waals surface area contributed by atoms with Crippen molar-refractivity contribution in [2.45, 2.75) is 45.1 Å². The zero-order valence-electron chi connectivity index (χ0n) is 8.78. The van der Waals surface area contributed by atoms with Crippen LogP contribution in [0.15, 0.2) is 0 Å². The Bertz CT molecular complexity index is 255. The molecule has 0 aliphatic heterocycles. The fourth-order valence-electron chi connectivity index (χ4n) is 1.54. The summed E-state index contributed by atoms with van der Waals surface area (Å²) in [5.74, 6) is 1.02. The van der Waals surface area contributed by atoms with Gasteiger partial charge < -0.3 is 5.11 Å². The summed E-state index contributed by atoms with van der Waals surface area (Å²) in [6.07, 6.45) is 4.41. The fraction of sp³-hybridized carbons (Fsp3) is 1.00. The van der Waals surface area contributed by atoms with Gasteiger partial charge in [0, 0.05) is 5.75 Å². The summed E-state index contributed by atoms with van der Waals surface area (Å²) >= 11 is 0. The molecule has 1 fully saturated rings. The van der Waals surface area contributed by atoms with Crippen molar-refractivity contribution in [3.8, 4) is 0 Å². The largest absolute Gasteiger partial charge is 0.393 e. The molecule has 1 aliphatic rings. The van der Waals surface area contributed by atoms with Gasteiger partial charge >= 0.3 is 0 Å². The highest BCUT2D eigenvalue weighted by Crippen LogP contribution is 2.34. The maximum Gasteiger partial charge on any atom is 0.150 e. The van der Waals surface area contributed by atoms with Crippen molar-refractivity contribution < 1.29 is 13.5 Å². The van der Waals surface area contributed by atoms with E-state index < -0.39 is 9.84 Å². The van der Waals surface area contributed by atoms with Crippen molar-refractivity contribution >= 4 is 9.84 Å². The Hall–Kier alpha value is -0.0900. The standard InChI is InChI=1S/C10H20O3S/c1-2-14(12,13)8-4-3-5-10(11)9-6-7-9/h9-11H,2-8H2,1H3. The minimum absolute atomic E-state index is 0.181. The van der Waals surface area contributed by atoms with Crippen LogP contribution in [0, 0.1) is 5.92 Å². The summed E-state index contributed by atoms with van der Waals surface area (Å²) in [6, 6.07) is 0. The third-order valence-electron chi connectivity index (χ3n) is 2.81. The van der Waals surface area contributed by atoms with Crippen LogP contribution in [0.4, 0.5) is 0 Å². The van der Waals surface area contributed by atoms with Crippen molar-refractivity contribution in [1.29, 1.82) is 0 Å². The van der Waals surface area contributed by atoms with Gasteiger partial charge in [-0.1, -0.05) is 6.92 Å². The third kappa shape index (κ3) is 4.42. The highest BCUT2D eigenvalue weighted by molar-refractivity contribution is 7.91. The normalized spacial score (nSPS) is 19.6. The SMILES string of the molecule is CCS(=O)(=O)CCCCC(O)C1CC1. The minimum atomic E-state index is -2.80. The molecule has 1 N–H and O–H groups in total. The van der Waals surface area contributed by atoms with E-state index in [4.69, 9.17) is 0 Å². The lowest BCUT2D eigenvalue weighted by Crippen LogP contribution is -2.11. The van der Waals surface area contributed by atoms with E-state index in [0.29, 0.717) is 12.3 Å². The lowest BCUT2D eigenvalue weighted by atomic mass is 10.1. The van der Waals surface area contributed by atoms with E-state index in [1.165, 1.54) is 0 Å². The molecule has 0 spiro atoms. The van der Waals surface area contributed by atoms with Gasteiger partial charge in [0.2, 0.25) is 0 Å². The van der Waals surface area contributed by atoms with E-state index in [9.17, 15) is 13.5 Å². The van der Waals surface area contributed by atoms with E-state index in [-0.39, 0.29) is 17.6 Å². The monoisotopic (exact) mass is 220 g/mol. The summed E-state index contributed by atoms with van der Waals surface area (Å²) in [5.41, 5.74) is 0. The van der Waals surface area contributed by atoms with Gasteiger partial charge in [-0.2, -0.15) is 0 Å². The predicted molar refractivity (Wildman–Crippen MR) is 56.9 cm³/mol. The molecule has 4 heteroatoms. The first kappa shape index (κ1) is 12.0. The van der Waals surface area contributed by atoms with Crippen LogP contribution in [0.1, 0.15) is 39.0 Å². The lowest BCUT2D eigenvalue weighted by molar-refractivity contribution is 0.139. The Morgan fingerprint density at radius 3 is 2.50 bits per heavy atom. The molecule has 1 aliphatic carbocycles. The van der Waals surface area contributed by atoms with Gasteiger partial charge in [-0.3, -0.25) is 0 Å². The molecule has 1 saturated carbocycles. The Kier molecular flexibility index (Phi) is 4.38. The zero-order chi connectivity index (χ0) is 10.6. The molecule has 1 atom stereocenters. The molecule has 0 saturated heterocycles. The molecule has 0 amide bonds. The number of unbranched alkanes of at least 4 members (excludes halogenated alkanes) is 1. The molecule has 0 aromatic heterocycles. The first-order chi connectivity index (χ1) is 6.55. The van der Waals surface area contributed by atoms with Crippen LogP contribution in [-0.4, -0.2) is 31.1 Å². The smallest absolute Gasteiger partial charge is 0.150 e. The van der Waals surface area contributed by atoms with Gasteiger partial charge in [-0.05, 0) is 38.0 Å². The van der Waals surface area contributed by atoms with E-state index in [0.717, 1.165) is 25.7 Å². The molecule has 14 heavy (non-hydrogen) atoms. The number of hydrogen-bond acceptors (Lipinski definition) is 3. The molecular weight excluding hydrogens is 200 g/mol. The van der Waals surface area contributed by atoms with Gasteiger partial charge in [0.25, 0.3) is 0 Å². The molecule has 84 valence electrons. The highest BCUT2D eigenvalue weighted by atomic mass is 32.2. The minimum Gasteiger partial charge on any atom is -0.393 e. The number of aliphatic hydroxyl groups excluding tert-OH is 1. The van der Waals surface area contributed by atoms with Crippen molar-refractivity contribution in [3.63, 3.8) is 0 Å².